The van der Waals surface area contributed by atoms with Gasteiger partial charge in [-0.1, -0.05) is 170 Å². The van der Waals surface area contributed by atoms with Crippen molar-refractivity contribution in [1.82, 2.24) is 4.57 Å². The molecule has 0 amide bonds. The maximum absolute atomic E-state index is 7.12. The summed E-state index contributed by atoms with van der Waals surface area (Å²) in [5.41, 5.74) is 15.2. The molecule has 10 aromatic carbocycles. The van der Waals surface area contributed by atoms with Crippen LogP contribution < -0.4 is 0 Å². The van der Waals surface area contributed by atoms with Gasteiger partial charge >= 0.3 is 0 Å². The zero-order valence-corrected chi connectivity index (χ0v) is 36.1. The van der Waals surface area contributed by atoms with Gasteiger partial charge in [0.1, 0.15) is 22.6 Å². The average molecular weight is 856 g/mol. The van der Waals surface area contributed by atoms with Crippen molar-refractivity contribution in [3.63, 3.8) is 0 Å². The number of para-hydroxylation sites is 3. The van der Waals surface area contributed by atoms with Gasteiger partial charge in [0.05, 0.1) is 34.0 Å². The summed E-state index contributed by atoms with van der Waals surface area (Å²) in [5.74, 6) is 0.561. The maximum Gasteiger partial charge on any atom is 0.160 e. The summed E-state index contributed by atoms with van der Waals surface area (Å²) in [5, 5.41) is 11.4. The van der Waals surface area contributed by atoms with E-state index < -0.39 is 0 Å². The molecule has 0 saturated carbocycles. The Hall–Kier alpha value is -8.80. The fraction of sp³-hybridized carbons (Fsp3) is 0.0323. The highest BCUT2D eigenvalue weighted by Gasteiger charge is 2.34. The third-order valence-electron chi connectivity index (χ3n) is 14.3. The molecule has 0 unspecified atom stereocenters. The van der Waals surface area contributed by atoms with E-state index in [4.69, 9.17) is 18.8 Å². The monoisotopic (exact) mass is 855 g/mol. The summed E-state index contributed by atoms with van der Waals surface area (Å²) < 4.78 is 16.2. The number of hydrogen-bond donors (Lipinski definition) is 0. The molecular formula is C62H37N3O2. The molecule has 312 valence electrons. The van der Waals surface area contributed by atoms with Crippen molar-refractivity contribution in [3.05, 3.63) is 229 Å². The minimum absolute atomic E-state index is 0.185. The lowest BCUT2D eigenvalue weighted by molar-refractivity contribution is 0.666. The Labute approximate surface area is 383 Å². The van der Waals surface area contributed by atoms with E-state index >= 15 is 0 Å². The number of aliphatic imine (C=N–C) groups is 2. The normalized spacial score (nSPS) is 14.1. The van der Waals surface area contributed by atoms with Gasteiger partial charge in [-0.15, -0.1) is 0 Å². The third-order valence-corrected chi connectivity index (χ3v) is 14.3. The molecule has 5 nitrogen and oxygen atoms in total. The number of fused-ring (bicyclic) bond motifs is 15. The molecule has 0 radical (unpaired) electrons. The van der Waals surface area contributed by atoms with Crippen LogP contribution in [-0.4, -0.2) is 16.1 Å². The minimum atomic E-state index is -0.185. The van der Waals surface area contributed by atoms with Crippen molar-refractivity contribution < 1.29 is 8.83 Å². The molecule has 1 aliphatic carbocycles. The Kier molecular flexibility index (Phi) is 7.55. The Morgan fingerprint density at radius 2 is 1.06 bits per heavy atom. The molecule has 67 heavy (non-hydrogen) atoms. The van der Waals surface area contributed by atoms with Crippen LogP contribution in [0.2, 0.25) is 0 Å². The second-order valence-corrected chi connectivity index (χ2v) is 17.9. The van der Waals surface area contributed by atoms with Crippen LogP contribution >= 0.6 is 0 Å². The number of benzene rings is 10. The summed E-state index contributed by atoms with van der Waals surface area (Å²) in [6.45, 7) is 0. The van der Waals surface area contributed by atoms with Crippen LogP contribution in [0.3, 0.4) is 0 Å². The quantitative estimate of drug-likeness (QED) is 0.177. The molecule has 1 aliphatic heterocycles. The van der Waals surface area contributed by atoms with Gasteiger partial charge in [0.15, 0.2) is 5.58 Å². The first-order valence-electron chi connectivity index (χ1n) is 23.0. The molecule has 4 heterocycles. The zero-order chi connectivity index (χ0) is 43.7. The van der Waals surface area contributed by atoms with Gasteiger partial charge in [0, 0.05) is 55.3 Å². The first-order chi connectivity index (χ1) is 33.2. The Morgan fingerprint density at radius 1 is 0.433 bits per heavy atom. The van der Waals surface area contributed by atoms with Crippen molar-refractivity contribution >= 4 is 104 Å². The van der Waals surface area contributed by atoms with Gasteiger partial charge in [-0.05, 0) is 74.8 Å². The van der Waals surface area contributed by atoms with Crippen LogP contribution in [0.4, 0.5) is 0 Å². The van der Waals surface area contributed by atoms with Gasteiger partial charge in [-0.25, -0.2) is 9.98 Å². The van der Waals surface area contributed by atoms with E-state index in [9.17, 15) is 0 Å². The van der Waals surface area contributed by atoms with Gasteiger partial charge in [0.25, 0.3) is 0 Å². The van der Waals surface area contributed by atoms with E-state index in [-0.39, 0.29) is 5.92 Å². The van der Waals surface area contributed by atoms with E-state index in [1.807, 2.05) is 12.1 Å². The molecule has 2 aliphatic rings. The number of hydrogen-bond acceptors (Lipinski definition) is 4. The Morgan fingerprint density at radius 3 is 1.87 bits per heavy atom. The van der Waals surface area contributed by atoms with Gasteiger partial charge in [0.2, 0.25) is 0 Å². The molecule has 15 rings (SSSR count). The fourth-order valence-corrected chi connectivity index (χ4v) is 11.4. The topological polar surface area (TPSA) is 55.9 Å². The summed E-state index contributed by atoms with van der Waals surface area (Å²) in [6.07, 6.45) is 2.78. The van der Waals surface area contributed by atoms with E-state index in [0.29, 0.717) is 6.42 Å². The molecule has 0 bridgehead atoms. The molecule has 3 aromatic heterocycles. The maximum atomic E-state index is 7.12. The average Bonchev–Trinajstić information content (AvgIpc) is 4.10. The smallest absolute Gasteiger partial charge is 0.160 e. The number of amidine groups is 1. The van der Waals surface area contributed by atoms with Crippen LogP contribution in [0.15, 0.2) is 225 Å². The van der Waals surface area contributed by atoms with Crippen LogP contribution in [-0.2, 0) is 0 Å². The lowest BCUT2D eigenvalue weighted by Gasteiger charge is -2.16. The first-order valence-corrected chi connectivity index (χ1v) is 23.0. The molecule has 0 atom stereocenters. The highest BCUT2D eigenvalue weighted by molar-refractivity contribution is 6.26. The lowest BCUT2D eigenvalue weighted by Crippen LogP contribution is -2.13. The van der Waals surface area contributed by atoms with Crippen LogP contribution in [0.1, 0.15) is 34.6 Å². The molecule has 5 heteroatoms. The fourth-order valence-electron chi connectivity index (χ4n) is 11.4. The van der Waals surface area contributed by atoms with E-state index in [0.717, 1.165) is 89.0 Å². The minimum Gasteiger partial charge on any atom is -0.455 e. The predicted octanol–water partition coefficient (Wildman–Crippen LogP) is 16.3. The van der Waals surface area contributed by atoms with Crippen molar-refractivity contribution in [2.45, 2.75) is 12.3 Å². The van der Waals surface area contributed by atoms with Crippen molar-refractivity contribution in [3.8, 4) is 16.8 Å². The molecule has 13 aromatic rings. The number of nitrogens with zero attached hydrogens (tertiary/aromatic N) is 3. The molecule has 0 spiro atoms. The first kappa shape index (κ1) is 36.5. The van der Waals surface area contributed by atoms with Crippen molar-refractivity contribution in [2.24, 2.45) is 9.98 Å². The Bertz CT molecular complexity index is 4340. The van der Waals surface area contributed by atoms with Crippen LogP contribution in [0, 0.1) is 0 Å². The summed E-state index contributed by atoms with van der Waals surface area (Å²) in [6, 6.07) is 71.6. The molecule has 0 saturated heterocycles. The molecule has 0 fully saturated rings. The third kappa shape index (κ3) is 5.25. The van der Waals surface area contributed by atoms with Gasteiger partial charge in [-0.3, -0.25) is 0 Å². The van der Waals surface area contributed by atoms with E-state index in [2.05, 4.69) is 199 Å². The number of aromatic nitrogens is 1. The molecular weight excluding hydrogens is 819 g/mol. The standard InChI is InChI=1S/C62H37N3O2/c1-2-16-38-35-54-50(34-37(38)15-1)45-29-28-36-14-3-4-17-39(36)59(45)65(54)53-33-30-47(57-49-23-10-12-27-56(49)67-61(53)57)51-31-32-52(48-25-13-24-46-42-20-9-11-26-55(42)66-60(46)48)64-62(63-51)58-43-21-7-5-18-40(43)41-19-6-8-22-44(41)58/h1-30,32-35,58H,31H2. The molecule has 0 N–H and O–H groups in total. The Balaban J connectivity index is 1.01. The lowest BCUT2D eigenvalue weighted by atomic mass is 9.95. The number of rotatable bonds is 4. The number of allylic oxidation sites excluding steroid dienone is 1. The second-order valence-electron chi connectivity index (χ2n) is 17.9. The van der Waals surface area contributed by atoms with Crippen LogP contribution in [0.25, 0.3) is 110 Å². The van der Waals surface area contributed by atoms with E-state index in [1.54, 1.807) is 0 Å². The van der Waals surface area contributed by atoms with Crippen LogP contribution in [0.5, 0.6) is 0 Å². The van der Waals surface area contributed by atoms with Gasteiger partial charge < -0.3 is 13.4 Å². The largest absolute Gasteiger partial charge is 0.455 e. The number of furan rings is 2. The highest BCUT2D eigenvalue weighted by Crippen LogP contribution is 2.48. The summed E-state index contributed by atoms with van der Waals surface area (Å²) in [4.78, 5) is 11.4. The summed E-state index contributed by atoms with van der Waals surface area (Å²) >= 11 is 0. The predicted molar refractivity (Wildman–Crippen MR) is 277 cm³/mol. The second kappa shape index (κ2) is 13.9. The van der Waals surface area contributed by atoms with Crippen molar-refractivity contribution in [2.75, 3.05) is 0 Å². The highest BCUT2D eigenvalue weighted by atomic mass is 16.3. The summed E-state index contributed by atoms with van der Waals surface area (Å²) in [7, 11) is 0. The zero-order valence-electron chi connectivity index (χ0n) is 36.1. The SMILES string of the molecule is C1=C(c2cccc3c2oc2ccccc23)N=C(C2c3ccccc3-c3ccccc32)N=C(c2ccc(-n3c4cc5ccccc5cc4c4ccc5ccccc5c43)c3oc4ccccc4c23)C1. The van der Waals surface area contributed by atoms with Crippen molar-refractivity contribution in [1.29, 1.82) is 0 Å². The van der Waals surface area contributed by atoms with E-state index in [1.165, 1.54) is 54.6 Å². The van der Waals surface area contributed by atoms with Gasteiger partial charge in [-0.2, -0.15) is 0 Å².